The summed E-state index contributed by atoms with van der Waals surface area (Å²) in [4.78, 5) is 46.9. The Morgan fingerprint density at radius 1 is 0.963 bits per heavy atom. The average molecular weight is 380 g/mol. The van der Waals surface area contributed by atoms with Gasteiger partial charge < -0.3 is 31.9 Å². The van der Waals surface area contributed by atoms with Gasteiger partial charge in [0.25, 0.3) is 0 Å². The Hall–Kier alpha value is -3.14. The highest BCUT2D eigenvalue weighted by Crippen LogP contribution is 2.11. The summed E-state index contributed by atoms with van der Waals surface area (Å²) in [5.74, 6) is -3.00. The minimum atomic E-state index is -1.21. The van der Waals surface area contributed by atoms with Gasteiger partial charge in [0, 0.05) is 6.42 Å². The predicted octanol–water partition coefficient (Wildman–Crippen LogP) is -1.53. The number of carbonyl (C=O) groups is 4. The van der Waals surface area contributed by atoms with E-state index in [0.29, 0.717) is 5.56 Å². The molecule has 1 aromatic carbocycles. The molecule has 1 aromatic rings. The molecule has 0 spiro atoms. The first-order valence-corrected chi connectivity index (χ1v) is 8.25. The zero-order chi connectivity index (χ0) is 20.6. The van der Waals surface area contributed by atoms with Crippen molar-refractivity contribution in [2.45, 2.75) is 38.4 Å². The van der Waals surface area contributed by atoms with Crippen molar-refractivity contribution < 1.29 is 29.4 Å². The molecule has 0 heterocycles. The van der Waals surface area contributed by atoms with Gasteiger partial charge in [0.1, 0.15) is 23.9 Å². The first-order valence-electron chi connectivity index (χ1n) is 8.25. The number of nitrogens with two attached hydrogens (primary N) is 1. The fourth-order valence-corrected chi connectivity index (χ4v) is 2.11. The zero-order valence-corrected chi connectivity index (χ0v) is 15.1. The number of hydrogen-bond donors (Lipinski definition) is 6. The van der Waals surface area contributed by atoms with Gasteiger partial charge in [-0.15, -0.1) is 0 Å². The molecular weight excluding hydrogens is 356 g/mol. The van der Waals surface area contributed by atoms with Crippen molar-refractivity contribution in [3.05, 3.63) is 29.8 Å². The molecule has 0 aliphatic carbocycles. The highest BCUT2D eigenvalue weighted by atomic mass is 16.4. The third kappa shape index (κ3) is 7.32. The third-order valence-electron chi connectivity index (χ3n) is 3.69. The smallest absolute Gasteiger partial charge is 0.325 e. The number of aromatic hydroxyl groups is 1. The van der Waals surface area contributed by atoms with Crippen molar-refractivity contribution >= 4 is 23.7 Å². The number of rotatable bonds is 9. The summed E-state index contributed by atoms with van der Waals surface area (Å²) in [5.41, 5.74) is 5.94. The van der Waals surface area contributed by atoms with Crippen LogP contribution in [0.25, 0.3) is 0 Å². The van der Waals surface area contributed by atoms with Gasteiger partial charge in [0.05, 0.1) is 6.54 Å². The quantitative estimate of drug-likeness (QED) is 0.302. The first-order chi connectivity index (χ1) is 12.6. The summed E-state index contributed by atoms with van der Waals surface area (Å²) in [7, 11) is 0. The van der Waals surface area contributed by atoms with E-state index in [1.807, 2.05) is 0 Å². The fraction of sp³-hybridized carbons (Fsp3) is 0.412. The van der Waals surface area contributed by atoms with E-state index in [0.717, 1.165) is 0 Å². The molecule has 3 amide bonds. The summed E-state index contributed by atoms with van der Waals surface area (Å²) in [6, 6.07) is 2.94. The molecular formula is C17H24N4O6. The van der Waals surface area contributed by atoms with Crippen LogP contribution in [-0.2, 0) is 25.6 Å². The lowest BCUT2D eigenvalue weighted by molar-refractivity contribution is -0.141. The number of hydrogen-bond acceptors (Lipinski definition) is 6. The number of amides is 3. The Morgan fingerprint density at radius 2 is 1.52 bits per heavy atom. The molecule has 0 fully saturated rings. The van der Waals surface area contributed by atoms with Gasteiger partial charge in [-0.3, -0.25) is 19.2 Å². The molecule has 148 valence electrons. The lowest BCUT2D eigenvalue weighted by Crippen LogP contribution is -2.55. The highest BCUT2D eigenvalue weighted by molar-refractivity contribution is 5.93. The van der Waals surface area contributed by atoms with Crippen molar-refractivity contribution in [3.63, 3.8) is 0 Å². The fourth-order valence-electron chi connectivity index (χ4n) is 2.11. The van der Waals surface area contributed by atoms with Gasteiger partial charge in [-0.1, -0.05) is 12.1 Å². The molecule has 10 heteroatoms. The predicted molar refractivity (Wildman–Crippen MR) is 95.6 cm³/mol. The van der Waals surface area contributed by atoms with Crippen LogP contribution < -0.4 is 21.7 Å². The van der Waals surface area contributed by atoms with Crippen LogP contribution in [0.2, 0.25) is 0 Å². The molecule has 0 aromatic heterocycles. The van der Waals surface area contributed by atoms with E-state index < -0.39 is 41.8 Å². The molecule has 3 atom stereocenters. The summed E-state index contributed by atoms with van der Waals surface area (Å²) >= 11 is 0. The highest BCUT2D eigenvalue weighted by Gasteiger charge is 2.25. The van der Waals surface area contributed by atoms with Crippen LogP contribution in [0.15, 0.2) is 24.3 Å². The number of phenolic OH excluding ortho intramolecular Hbond substituents is 1. The standard InChI is InChI=1S/C17H24N4O6/c1-9(15(24)20-10(2)17(26)27)19-16(25)13(21-14(23)8-18)7-11-3-5-12(22)6-4-11/h3-6,9-10,13,22H,7-8,18H2,1-2H3,(H,19,25)(H,20,24)(H,21,23)(H,26,27). The maximum Gasteiger partial charge on any atom is 0.325 e. The minimum absolute atomic E-state index is 0.0589. The van der Waals surface area contributed by atoms with Crippen molar-refractivity contribution in [3.8, 4) is 5.75 Å². The summed E-state index contributed by atoms with van der Waals surface area (Å²) in [6.07, 6.45) is 0.109. The van der Waals surface area contributed by atoms with Crippen LogP contribution in [-0.4, -0.2) is 58.6 Å². The van der Waals surface area contributed by atoms with Crippen molar-refractivity contribution in [1.29, 1.82) is 0 Å². The molecule has 0 bridgehead atoms. The number of carboxylic acid groups (broad SMARTS) is 1. The largest absolute Gasteiger partial charge is 0.508 e. The number of benzene rings is 1. The molecule has 0 saturated carbocycles. The normalized spacial score (nSPS) is 13.7. The number of carbonyl (C=O) groups excluding carboxylic acids is 3. The van der Waals surface area contributed by atoms with Gasteiger partial charge in [0.15, 0.2) is 0 Å². The molecule has 0 saturated heterocycles. The molecule has 0 aliphatic rings. The lowest BCUT2D eigenvalue weighted by Gasteiger charge is -2.21. The SMILES string of the molecule is CC(NC(=O)C(C)NC(=O)C(Cc1ccc(O)cc1)NC(=O)CN)C(=O)O. The summed E-state index contributed by atoms with van der Waals surface area (Å²) in [5, 5.41) is 25.3. The maximum absolute atomic E-state index is 12.5. The third-order valence-corrected chi connectivity index (χ3v) is 3.69. The number of phenols is 1. The number of carboxylic acids is 1. The van der Waals surface area contributed by atoms with E-state index in [4.69, 9.17) is 10.8 Å². The van der Waals surface area contributed by atoms with Crippen LogP contribution in [0.3, 0.4) is 0 Å². The Morgan fingerprint density at radius 3 is 2.04 bits per heavy atom. The van der Waals surface area contributed by atoms with Gasteiger partial charge in [0.2, 0.25) is 17.7 Å². The Kier molecular flexibility index (Phi) is 8.21. The van der Waals surface area contributed by atoms with Gasteiger partial charge in [-0.05, 0) is 31.5 Å². The molecule has 0 aliphatic heterocycles. The molecule has 27 heavy (non-hydrogen) atoms. The molecule has 1 rings (SSSR count). The molecule has 7 N–H and O–H groups in total. The Balaban J connectivity index is 2.79. The molecule has 3 unspecified atom stereocenters. The monoisotopic (exact) mass is 380 g/mol. The van der Waals surface area contributed by atoms with Gasteiger partial charge in [-0.25, -0.2) is 0 Å². The van der Waals surface area contributed by atoms with E-state index in [-0.39, 0.29) is 18.7 Å². The van der Waals surface area contributed by atoms with Gasteiger partial charge in [-0.2, -0.15) is 0 Å². The van der Waals surface area contributed by atoms with Crippen molar-refractivity contribution in [2.24, 2.45) is 5.73 Å². The van der Waals surface area contributed by atoms with Crippen LogP contribution >= 0.6 is 0 Å². The zero-order valence-electron chi connectivity index (χ0n) is 15.1. The second-order valence-electron chi connectivity index (χ2n) is 5.99. The molecule has 10 nitrogen and oxygen atoms in total. The van der Waals surface area contributed by atoms with Gasteiger partial charge >= 0.3 is 5.97 Å². The minimum Gasteiger partial charge on any atom is -0.508 e. The van der Waals surface area contributed by atoms with E-state index >= 15 is 0 Å². The van der Waals surface area contributed by atoms with Crippen LogP contribution in [0.5, 0.6) is 5.75 Å². The topological polar surface area (TPSA) is 171 Å². The average Bonchev–Trinajstić information content (AvgIpc) is 2.62. The maximum atomic E-state index is 12.5. The second-order valence-corrected chi connectivity index (χ2v) is 5.99. The number of aliphatic carboxylic acids is 1. The Labute approximate surface area is 156 Å². The van der Waals surface area contributed by atoms with E-state index in [9.17, 15) is 24.3 Å². The van der Waals surface area contributed by atoms with Crippen LogP contribution in [0.4, 0.5) is 0 Å². The van der Waals surface area contributed by atoms with E-state index in [2.05, 4.69) is 16.0 Å². The molecule has 0 radical (unpaired) electrons. The van der Waals surface area contributed by atoms with E-state index in [1.165, 1.54) is 26.0 Å². The van der Waals surface area contributed by atoms with Crippen molar-refractivity contribution in [1.82, 2.24) is 16.0 Å². The van der Waals surface area contributed by atoms with E-state index in [1.54, 1.807) is 12.1 Å². The lowest BCUT2D eigenvalue weighted by atomic mass is 10.0. The first kappa shape index (κ1) is 21.9. The summed E-state index contributed by atoms with van der Waals surface area (Å²) in [6.45, 7) is 2.37. The summed E-state index contributed by atoms with van der Waals surface area (Å²) < 4.78 is 0. The Bertz CT molecular complexity index is 691. The van der Waals surface area contributed by atoms with Crippen LogP contribution in [0, 0.1) is 0 Å². The van der Waals surface area contributed by atoms with Crippen LogP contribution in [0.1, 0.15) is 19.4 Å². The van der Waals surface area contributed by atoms with Crippen molar-refractivity contribution in [2.75, 3.05) is 6.54 Å². The number of nitrogens with one attached hydrogen (secondary N) is 3. The second kappa shape index (κ2) is 10.1.